The van der Waals surface area contributed by atoms with Crippen LogP contribution in [0.15, 0.2) is 139 Å². The highest BCUT2D eigenvalue weighted by molar-refractivity contribution is 6.20. The Balaban J connectivity index is 1.55. The van der Waals surface area contributed by atoms with E-state index in [0.29, 0.717) is 0 Å². The summed E-state index contributed by atoms with van der Waals surface area (Å²) in [5.41, 5.74) is 9.74. The fourth-order valence-electron chi connectivity index (χ4n) is 4.42. The molecular weight excluding hydrogens is 434 g/mol. The molecule has 0 aliphatic carbocycles. The van der Waals surface area contributed by atoms with E-state index < -0.39 is 0 Å². The van der Waals surface area contributed by atoms with Crippen LogP contribution in [0.4, 0.5) is 0 Å². The number of benzene rings is 5. The SMILES string of the molecule is C=C(/N=C(\C=C(/C)c1ccccc1)c1cccc2ccccc12)c1ccc(-c2ccc(C)cc2)cc1. The molecular formula is C35H29N. The summed E-state index contributed by atoms with van der Waals surface area (Å²) in [4.78, 5) is 5.09. The Morgan fingerprint density at radius 2 is 1.25 bits per heavy atom. The molecule has 0 atom stereocenters. The number of fused-ring (bicyclic) bond motifs is 1. The number of aliphatic imine (C=N–C) groups is 1. The van der Waals surface area contributed by atoms with Gasteiger partial charge in [-0.1, -0.05) is 133 Å². The topological polar surface area (TPSA) is 12.4 Å². The van der Waals surface area contributed by atoms with Crippen LogP contribution in [0.1, 0.15) is 29.2 Å². The molecule has 0 saturated heterocycles. The summed E-state index contributed by atoms with van der Waals surface area (Å²) in [5, 5.41) is 2.37. The van der Waals surface area contributed by atoms with Gasteiger partial charge in [0.05, 0.1) is 11.4 Å². The van der Waals surface area contributed by atoms with E-state index in [2.05, 4.69) is 142 Å². The van der Waals surface area contributed by atoms with Crippen molar-refractivity contribution in [1.82, 2.24) is 0 Å². The van der Waals surface area contributed by atoms with E-state index in [0.717, 1.165) is 28.1 Å². The van der Waals surface area contributed by atoms with Crippen LogP contribution in [-0.2, 0) is 0 Å². The molecule has 1 heteroatoms. The maximum absolute atomic E-state index is 5.09. The number of allylic oxidation sites excluding steroid dienone is 2. The number of aryl methyl sites for hydroxylation is 1. The van der Waals surface area contributed by atoms with E-state index in [-0.39, 0.29) is 0 Å². The lowest BCUT2D eigenvalue weighted by atomic mass is 9.97. The zero-order valence-electron chi connectivity index (χ0n) is 20.8. The van der Waals surface area contributed by atoms with Crippen LogP contribution in [0.2, 0.25) is 0 Å². The van der Waals surface area contributed by atoms with Crippen molar-refractivity contribution in [3.8, 4) is 11.1 Å². The third-order valence-corrected chi connectivity index (χ3v) is 6.51. The van der Waals surface area contributed by atoms with E-state index in [1.165, 1.54) is 33.0 Å². The largest absolute Gasteiger partial charge is 0.248 e. The van der Waals surface area contributed by atoms with Gasteiger partial charge in [0.1, 0.15) is 0 Å². The molecule has 0 fully saturated rings. The van der Waals surface area contributed by atoms with E-state index in [4.69, 9.17) is 4.99 Å². The van der Waals surface area contributed by atoms with E-state index in [1.54, 1.807) is 0 Å². The molecule has 0 aliphatic rings. The molecule has 0 aliphatic heterocycles. The first-order chi connectivity index (χ1) is 17.6. The van der Waals surface area contributed by atoms with Gasteiger partial charge >= 0.3 is 0 Å². The molecule has 5 aromatic carbocycles. The van der Waals surface area contributed by atoms with Gasteiger partial charge in [-0.15, -0.1) is 0 Å². The third kappa shape index (κ3) is 5.11. The lowest BCUT2D eigenvalue weighted by Gasteiger charge is -2.11. The van der Waals surface area contributed by atoms with Crippen LogP contribution < -0.4 is 0 Å². The van der Waals surface area contributed by atoms with Gasteiger partial charge < -0.3 is 0 Å². The molecule has 0 radical (unpaired) electrons. The van der Waals surface area contributed by atoms with Crippen LogP contribution in [0.5, 0.6) is 0 Å². The van der Waals surface area contributed by atoms with Crippen molar-refractivity contribution >= 4 is 27.8 Å². The van der Waals surface area contributed by atoms with Crippen LogP contribution in [0.3, 0.4) is 0 Å². The van der Waals surface area contributed by atoms with Crippen molar-refractivity contribution in [2.75, 3.05) is 0 Å². The van der Waals surface area contributed by atoms with Crippen molar-refractivity contribution in [1.29, 1.82) is 0 Å². The first kappa shape index (κ1) is 23.3. The second-order valence-electron chi connectivity index (χ2n) is 9.11. The molecule has 0 unspecified atom stereocenters. The average Bonchev–Trinajstić information content (AvgIpc) is 2.93. The van der Waals surface area contributed by atoms with E-state index in [1.807, 2.05) is 6.07 Å². The second kappa shape index (κ2) is 10.4. The van der Waals surface area contributed by atoms with Crippen molar-refractivity contribution in [2.24, 2.45) is 4.99 Å². The molecule has 5 rings (SSSR count). The number of nitrogens with zero attached hydrogens (tertiary/aromatic N) is 1. The summed E-state index contributed by atoms with van der Waals surface area (Å²) in [6.45, 7) is 8.59. The molecule has 36 heavy (non-hydrogen) atoms. The Hall–Kier alpha value is -4.49. The van der Waals surface area contributed by atoms with Gasteiger partial charge in [-0.3, -0.25) is 0 Å². The minimum Gasteiger partial charge on any atom is -0.248 e. The summed E-state index contributed by atoms with van der Waals surface area (Å²) >= 11 is 0. The quantitative estimate of drug-likeness (QED) is 0.222. The Morgan fingerprint density at radius 3 is 1.97 bits per heavy atom. The molecule has 0 bridgehead atoms. The predicted molar refractivity (Wildman–Crippen MR) is 156 cm³/mol. The monoisotopic (exact) mass is 463 g/mol. The lowest BCUT2D eigenvalue weighted by Crippen LogP contribution is -2.00. The maximum atomic E-state index is 5.09. The van der Waals surface area contributed by atoms with Crippen molar-refractivity contribution in [3.05, 3.63) is 156 Å². The Morgan fingerprint density at radius 1 is 0.639 bits per heavy atom. The van der Waals surface area contributed by atoms with Gasteiger partial charge in [0.15, 0.2) is 0 Å². The first-order valence-corrected chi connectivity index (χ1v) is 12.3. The number of rotatable bonds is 6. The molecule has 0 heterocycles. The highest BCUT2D eigenvalue weighted by Gasteiger charge is 2.09. The smallest absolute Gasteiger partial charge is 0.0718 e. The predicted octanol–water partition coefficient (Wildman–Crippen LogP) is 9.38. The normalized spacial score (nSPS) is 12.1. The lowest BCUT2D eigenvalue weighted by molar-refractivity contribution is 1.46. The van der Waals surface area contributed by atoms with Crippen LogP contribution >= 0.6 is 0 Å². The maximum Gasteiger partial charge on any atom is 0.0718 e. The highest BCUT2D eigenvalue weighted by atomic mass is 14.8. The van der Waals surface area contributed by atoms with Crippen LogP contribution in [0.25, 0.3) is 33.2 Å². The van der Waals surface area contributed by atoms with Gasteiger partial charge in [0.2, 0.25) is 0 Å². The fraction of sp³-hybridized carbons (Fsp3) is 0.0571. The summed E-state index contributed by atoms with van der Waals surface area (Å²) < 4.78 is 0. The van der Waals surface area contributed by atoms with Gasteiger partial charge in [-0.25, -0.2) is 4.99 Å². The third-order valence-electron chi connectivity index (χ3n) is 6.51. The summed E-state index contributed by atoms with van der Waals surface area (Å²) in [6.07, 6.45) is 2.17. The average molecular weight is 464 g/mol. The standard InChI is InChI=1S/C35H29N/c1-25-16-18-30(19-17-25)31-22-20-29(21-23-31)27(3)36-35(24-26(2)28-10-5-4-6-11-28)34-15-9-13-32-12-7-8-14-33(32)34/h4-24H,3H2,1-2H3/b26-24+,36-35+. The minimum absolute atomic E-state index is 0.741. The van der Waals surface area contributed by atoms with E-state index in [9.17, 15) is 0 Å². The molecule has 0 N–H and O–H groups in total. The second-order valence-corrected chi connectivity index (χ2v) is 9.11. The first-order valence-electron chi connectivity index (χ1n) is 12.3. The number of hydrogen-bond donors (Lipinski definition) is 0. The van der Waals surface area contributed by atoms with Gasteiger partial charge in [-0.05, 0) is 58.5 Å². The zero-order valence-corrected chi connectivity index (χ0v) is 20.8. The number of hydrogen-bond acceptors (Lipinski definition) is 1. The molecule has 5 aromatic rings. The highest BCUT2D eigenvalue weighted by Crippen LogP contribution is 2.26. The molecule has 0 saturated carbocycles. The van der Waals surface area contributed by atoms with Gasteiger partial charge in [0.25, 0.3) is 0 Å². The molecule has 174 valence electrons. The Labute approximate surface area is 213 Å². The Bertz CT molecular complexity index is 1560. The van der Waals surface area contributed by atoms with Crippen LogP contribution in [0, 0.1) is 6.92 Å². The van der Waals surface area contributed by atoms with Crippen molar-refractivity contribution in [2.45, 2.75) is 13.8 Å². The van der Waals surface area contributed by atoms with Crippen molar-refractivity contribution < 1.29 is 0 Å². The molecule has 0 spiro atoms. The zero-order chi connectivity index (χ0) is 24.9. The molecule has 1 nitrogen and oxygen atoms in total. The minimum atomic E-state index is 0.741. The molecule has 0 amide bonds. The summed E-state index contributed by atoms with van der Waals surface area (Å²) in [7, 11) is 0. The van der Waals surface area contributed by atoms with E-state index >= 15 is 0 Å². The Kier molecular flexibility index (Phi) is 6.73. The fourth-order valence-corrected chi connectivity index (χ4v) is 4.42. The van der Waals surface area contributed by atoms with Crippen LogP contribution in [-0.4, -0.2) is 5.71 Å². The van der Waals surface area contributed by atoms with Crippen molar-refractivity contribution in [3.63, 3.8) is 0 Å². The summed E-state index contributed by atoms with van der Waals surface area (Å²) in [6, 6.07) is 42.4. The van der Waals surface area contributed by atoms with Gasteiger partial charge in [0, 0.05) is 5.56 Å². The summed E-state index contributed by atoms with van der Waals surface area (Å²) in [5.74, 6) is 0. The molecule has 0 aromatic heterocycles. The van der Waals surface area contributed by atoms with Gasteiger partial charge in [-0.2, -0.15) is 0 Å².